The van der Waals surface area contributed by atoms with E-state index in [1.54, 1.807) is 31.3 Å². The first kappa shape index (κ1) is 16.1. The van der Waals surface area contributed by atoms with Gasteiger partial charge < -0.3 is 5.11 Å². The smallest absolute Gasteiger partial charge is 0.243 e. The molecule has 0 heterocycles. The van der Waals surface area contributed by atoms with E-state index in [2.05, 4.69) is 0 Å². The molecule has 0 saturated heterocycles. The highest BCUT2D eigenvalue weighted by Gasteiger charge is 2.24. The van der Waals surface area contributed by atoms with Gasteiger partial charge in [0.05, 0.1) is 11.0 Å². The lowest BCUT2D eigenvalue weighted by atomic mass is 10.1. The number of aliphatic hydroxyl groups is 1. The Morgan fingerprint density at radius 1 is 1.26 bits per heavy atom. The normalized spacial score (nSPS) is 15.5. The van der Waals surface area contributed by atoms with E-state index in [9.17, 15) is 13.5 Å². The quantitative estimate of drug-likeness (QED) is 0.874. The lowest BCUT2D eigenvalue weighted by molar-refractivity contribution is 0.173. The molecule has 2 atom stereocenters. The second-order valence-corrected chi connectivity index (χ2v) is 6.77. The summed E-state index contributed by atoms with van der Waals surface area (Å²) in [6, 6.07) is 6.49. The maximum Gasteiger partial charge on any atom is 0.243 e. The fraction of sp³-hybridized carbons (Fsp3) is 0.571. The molecule has 0 aromatic heterocycles. The third-order valence-corrected chi connectivity index (χ3v) is 5.49. The second kappa shape index (κ2) is 6.50. The predicted molar refractivity (Wildman–Crippen MR) is 76.4 cm³/mol. The molecule has 108 valence electrons. The molecule has 0 fully saturated rings. The fourth-order valence-electron chi connectivity index (χ4n) is 1.78. The Morgan fingerprint density at radius 2 is 1.89 bits per heavy atom. The van der Waals surface area contributed by atoms with E-state index >= 15 is 0 Å². The Kier molecular flexibility index (Phi) is 5.52. The summed E-state index contributed by atoms with van der Waals surface area (Å²) in [5.41, 5.74) is 0.640. The monoisotopic (exact) mass is 285 g/mol. The van der Waals surface area contributed by atoms with Gasteiger partial charge in [-0.2, -0.15) is 4.31 Å². The van der Waals surface area contributed by atoms with E-state index in [1.165, 1.54) is 4.31 Å². The van der Waals surface area contributed by atoms with Crippen LogP contribution in [0.4, 0.5) is 0 Å². The summed E-state index contributed by atoms with van der Waals surface area (Å²) < 4.78 is 26.3. The third-order valence-electron chi connectivity index (χ3n) is 3.52. The standard InChI is InChI=1S/C14H23NO3S/c1-5-11(3)15(4)19(17,18)13-9-7-8-12(10-13)14(16)6-2/h7-11,14,16H,5-6H2,1-4H3. The molecule has 0 radical (unpaired) electrons. The molecule has 1 aromatic carbocycles. The van der Waals surface area contributed by atoms with Gasteiger partial charge in [-0.25, -0.2) is 8.42 Å². The van der Waals surface area contributed by atoms with Gasteiger partial charge in [0.1, 0.15) is 0 Å². The van der Waals surface area contributed by atoms with Crippen LogP contribution in [0, 0.1) is 0 Å². The van der Waals surface area contributed by atoms with Gasteiger partial charge in [-0.15, -0.1) is 0 Å². The predicted octanol–water partition coefficient (Wildman–Crippen LogP) is 2.55. The van der Waals surface area contributed by atoms with Crippen molar-refractivity contribution < 1.29 is 13.5 Å². The first-order chi connectivity index (χ1) is 8.84. The van der Waals surface area contributed by atoms with Crippen LogP contribution < -0.4 is 0 Å². The van der Waals surface area contributed by atoms with Crippen LogP contribution in [0.15, 0.2) is 29.2 Å². The molecule has 0 saturated carbocycles. The van der Waals surface area contributed by atoms with E-state index in [0.717, 1.165) is 6.42 Å². The van der Waals surface area contributed by atoms with E-state index in [-0.39, 0.29) is 10.9 Å². The molecule has 0 spiro atoms. The van der Waals surface area contributed by atoms with Crippen LogP contribution in [0.2, 0.25) is 0 Å². The summed E-state index contributed by atoms with van der Waals surface area (Å²) in [7, 11) is -1.90. The van der Waals surface area contributed by atoms with Crippen molar-refractivity contribution in [3.05, 3.63) is 29.8 Å². The van der Waals surface area contributed by atoms with Crippen LogP contribution in [0.3, 0.4) is 0 Å². The maximum atomic E-state index is 12.4. The van der Waals surface area contributed by atoms with Crippen molar-refractivity contribution >= 4 is 10.0 Å². The summed E-state index contributed by atoms with van der Waals surface area (Å²) >= 11 is 0. The summed E-state index contributed by atoms with van der Waals surface area (Å²) in [5, 5.41) is 9.80. The average molecular weight is 285 g/mol. The van der Waals surface area contributed by atoms with Gasteiger partial charge in [-0.3, -0.25) is 0 Å². The number of rotatable bonds is 6. The van der Waals surface area contributed by atoms with Crippen LogP contribution in [-0.4, -0.2) is 30.9 Å². The molecule has 2 unspecified atom stereocenters. The van der Waals surface area contributed by atoms with Crippen molar-refractivity contribution in [2.75, 3.05) is 7.05 Å². The SMILES string of the molecule is CCC(O)c1cccc(S(=O)(=O)N(C)C(C)CC)c1. The molecular weight excluding hydrogens is 262 g/mol. The summed E-state index contributed by atoms with van der Waals surface area (Å²) in [6.45, 7) is 5.69. The molecule has 1 aromatic rings. The number of hydrogen-bond acceptors (Lipinski definition) is 3. The first-order valence-electron chi connectivity index (χ1n) is 6.60. The highest BCUT2D eigenvalue weighted by Crippen LogP contribution is 2.23. The molecule has 0 aliphatic carbocycles. The third kappa shape index (κ3) is 3.55. The first-order valence-corrected chi connectivity index (χ1v) is 8.04. The Balaban J connectivity index is 3.15. The largest absolute Gasteiger partial charge is 0.388 e. The van der Waals surface area contributed by atoms with Crippen molar-refractivity contribution in [2.24, 2.45) is 0 Å². The zero-order valence-corrected chi connectivity index (χ0v) is 12.8. The minimum atomic E-state index is -3.49. The zero-order valence-electron chi connectivity index (χ0n) is 12.0. The minimum Gasteiger partial charge on any atom is -0.388 e. The molecule has 4 nitrogen and oxygen atoms in total. The van der Waals surface area contributed by atoms with E-state index in [1.807, 2.05) is 20.8 Å². The van der Waals surface area contributed by atoms with Crippen LogP contribution >= 0.6 is 0 Å². The van der Waals surface area contributed by atoms with E-state index < -0.39 is 16.1 Å². The van der Waals surface area contributed by atoms with Gasteiger partial charge in [0, 0.05) is 13.1 Å². The van der Waals surface area contributed by atoms with Gasteiger partial charge in [-0.1, -0.05) is 26.0 Å². The van der Waals surface area contributed by atoms with Gasteiger partial charge >= 0.3 is 0 Å². The topological polar surface area (TPSA) is 57.6 Å². The number of nitrogens with zero attached hydrogens (tertiary/aromatic N) is 1. The summed E-state index contributed by atoms with van der Waals surface area (Å²) in [5.74, 6) is 0. The number of hydrogen-bond donors (Lipinski definition) is 1. The molecule has 0 aliphatic rings. The minimum absolute atomic E-state index is 0.0512. The van der Waals surface area contributed by atoms with Crippen molar-refractivity contribution in [2.45, 2.75) is 50.7 Å². The molecule has 0 amide bonds. The Hall–Kier alpha value is -0.910. The molecular formula is C14H23NO3S. The van der Waals surface area contributed by atoms with Crippen molar-refractivity contribution in [1.82, 2.24) is 4.31 Å². The van der Waals surface area contributed by atoms with Gasteiger partial charge in [0.2, 0.25) is 10.0 Å². The van der Waals surface area contributed by atoms with Crippen molar-refractivity contribution in [3.63, 3.8) is 0 Å². The highest BCUT2D eigenvalue weighted by molar-refractivity contribution is 7.89. The number of benzene rings is 1. The second-order valence-electron chi connectivity index (χ2n) is 4.78. The molecule has 1 rings (SSSR count). The fourth-order valence-corrected chi connectivity index (χ4v) is 3.27. The maximum absolute atomic E-state index is 12.4. The molecule has 1 N–H and O–H groups in total. The van der Waals surface area contributed by atoms with Crippen molar-refractivity contribution in [3.8, 4) is 0 Å². The number of aliphatic hydroxyl groups excluding tert-OH is 1. The average Bonchev–Trinajstić information content (AvgIpc) is 2.44. The van der Waals surface area contributed by atoms with Crippen LogP contribution in [0.5, 0.6) is 0 Å². The molecule has 19 heavy (non-hydrogen) atoms. The van der Waals surface area contributed by atoms with Crippen LogP contribution in [0.25, 0.3) is 0 Å². The van der Waals surface area contributed by atoms with Crippen LogP contribution in [0.1, 0.15) is 45.3 Å². The number of sulfonamides is 1. The van der Waals surface area contributed by atoms with Gasteiger partial charge in [-0.05, 0) is 37.5 Å². The van der Waals surface area contributed by atoms with Gasteiger partial charge in [0.25, 0.3) is 0 Å². The summed E-state index contributed by atoms with van der Waals surface area (Å²) in [6.07, 6.45) is 0.696. The molecule has 5 heteroatoms. The lowest BCUT2D eigenvalue weighted by Gasteiger charge is -2.23. The summed E-state index contributed by atoms with van der Waals surface area (Å²) in [4.78, 5) is 0.236. The van der Waals surface area contributed by atoms with E-state index in [4.69, 9.17) is 0 Å². The van der Waals surface area contributed by atoms with Crippen LogP contribution in [-0.2, 0) is 10.0 Å². The van der Waals surface area contributed by atoms with Crippen molar-refractivity contribution in [1.29, 1.82) is 0 Å². The zero-order chi connectivity index (χ0) is 14.6. The van der Waals surface area contributed by atoms with Gasteiger partial charge in [0.15, 0.2) is 0 Å². The highest BCUT2D eigenvalue weighted by atomic mass is 32.2. The lowest BCUT2D eigenvalue weighted by Crippen LogP contribution is -2.34. The Bertz CT molecular complexity index is 513. The Morgan fingerprint density at radius 3 is 2.42 bits per heavy atom. The van der Waals surface area contributed by atoms with E-state index in [0.29, 0.717) is 12.0 Å². The Labute approximate surface area is 116 Å². The molecule has 0 aliphatic heterocycles. The molecule has 0 bridgehead atoms.